The number of thiazole rings is 1. The topological polar surface area (TPSA) is 79.8 Å². The van der Waals surface area contributed by atoms with Gasteiger partial charge in [0.15, 0.2) is 0 Å². The second-order valence-electron chi connectivity index (χ2n) is 6.83. The fraction of sp³-hybridized carbons (Fsp3) is 0.263. The highest BCUT2D eigenvalue weighted by atomic mass is 32.1. The number of hydrogen-bond acceptors (Lipinski definition) is 7. The molecule has 0 unspecified atom stereocenters. The summed E-state index contributed by atoms with van der Waals surface area (Å²) >= 11 is 1.41. The monoisotopic (exact) mass is 394 g/mol. The van der Waals surface area contributed by atoms with Crippen LogP contribution in [0.4, 0.5) is 11.6 Å². The predicted octanol–water partition coefficient (Wildman–Crippen LogP) is 3.17. The van der Waals surface area contributed by atoms with Gasteiger partial charge >= 0.3 is 5.82 Å². The maximum absolute atomic E-state index is 11.6. The number of para-hydroxylation sites is 1. The Morgan fingerprint density at radius 2 is 1.96 bits per heavy atom. The molecule has 5 rings (SSSR count). The van der Waals surface area contributed by atoms with Gasteiger partial charge in [0.25, 0.3) is 4.96 Å². The Hall–Kier alpha value is -3.04. The first-order chi connectivity index (χ1) is 13.7. The molecule has 28 heavy (non-hydrogen) atoms. The Bertz CT molecular complexity index is 1160. The summed E-state index contributed by atoms with van der Waals surface area (Å²) < 4.78 is 1.56. The third kappa shape index (κ3) is 2.88. The molecule has 0 spiro atoms. The fourth-order valence-corrected chi connectivity index (χ4v) is 4.50. The van der Waals surface area contributed by atoms with Crippen molar-refractivity contribution in [2.75, 3.05) is 31.1 Å². The molecule has 0 bridgehead atoms. The Labute approximate surface area is 164 Å². The molecule has 3 aromatic heterocycles. The highest BCUT2D eigenvalue weighted by Gasteiger charge is 2.30. The van der Waals surface area contributed by atoms with Crippen LogP contribution in [-0.4, -0.2) is 50.4 Å². The lowest BCUT2D eigenvalue weighted by molar-refractivity contribution is -0.389. The van der Waals surface area contributed by atoms with E-state index >= 15 is 0 Å². The summed E-state index contributed by atoms with van der Waals surface area (Å²) in [6, 6.07) is 10.3. The minimum Gasteiger partial charge on any atom is -0.358 e. The van der Waals surface area contributed by atoms with Crippen molar-refractivity contribution < 1.29 is 4.92 Å². The molecule has 1 aromatic carbocycles. The van der Waals surface area contributed by atoms with Gasteiger partial charge in [-0.25, -0.2) is 0 Å². The van der Waals surface area contributed by atoms with E-state index in [1.165, 1.54) is 16.9 Å². The van der Waals surface area contributed by atoms with E-state index in [0.717, 1.165) is 30.5 Å². The smallest absolute Gasteiger partial charge is 0.358 e. The number of piperazine rings is 1. The first-order valence-corrected chi connectivity index (χ1v) is 9.98. The summed E-state index contributed by atoms with van der Waals surface area (Å²) in [6.45, 7) is 3.90. The van der Waals surface area contributed by atoms with E-state index in [2.05, 4.69) is 39.1 Å². The first kappa shape index (κ1) is 17.1. The number of benzene rings is 1. The van der Waals surface area contributed by atoms with Crippen molar-refractivity contribution in [2.45, 2.75) is 6.54 Å². The third-order valence-corrected chi connectivity index (χ3v) is 5.93. The lowest BCUT2D eigenvalue weighted by atomic mass is 10.1. The average Bonchev–Trinajstić information content (AvgIpc) is 3.30. The summed E-state index contributed by atoms with van der Waals surface area (Å²) in [5.74, 6) is 0.534. The summed E-state index contributed by atoms with van der Waals surface area (Å²) in [5.41, 5.74) is 2.25. The molecule has 0 saturated carbocycles. The quantitative estimate of drug-likeness (QED) is 0.391. The summed E-state index contributed by atoms with van der Waals surface area (Å²) in [6.07, 6.45) is 3.53. The summed E-state index contributed by atoms with van der Waals surface area (Å²) in [5, 5.41) is 14.5. The van der Waals surface area contributed by atoms with Crippen LogP contribution >= 0.6 is 11.3 Å². The highest BCUT2D eigenvalue weighted by molar-refractivity contribution is 7.15. The van der Waals surface area contributed by atoms with Gasteiger partial charge in [0.2, 0.25) is 5.82 Å². The van der Waals surface area contributed by atoms with E-state index in [1.54, 1.807) is 10.6 Å². The van der Waals surface area contributed by atoms with Gasteiger partial charge in [0.1, 0.15) is 6.20 Å². The normalized spacial score (nSPS) is 15.5. The number of imidazole rings is 1. The van der Waals surface area contributed by atoms with Gasteiger partial charge in [-0.15, -0.1) is 0 Å². The van der Waals surface area contributed by atoms with Crippen molar-refractivity contribution in [1.82, 2.24) is 19.3 Å². The Balaban J connectivity index is 1.34. The number of anilines is 1. The Kier molecular flexibility index (Phi) is 4.18. The predicted molar refractivity (Wildman–Crippen MR) is 109 cm³/mol. The van der Waals surface area contributed by atoms with Crippen LogP contribution in [0.3, 0.4) is 0 Å². The zero-order chi connectivity index (χ0) is 19.1. The van der Waals surface area contributed by atoms with Crippen LogP contribution in [0.2, 0.25) is 0 Å². The average molecular weight is 394 g/mol. The van der Waals surface area contributed by atoms with Crippen LogP contribution in [-0.2, 0) is 6.54 Å². The van der Waals surface area contributed by atoms with Crippen LogP contribution < -0.4 is 4.90 Å². The molecule has 0 radical (unpaired) electrons. The van der Waals surface area contributed by atoms with Crippen molar-refractivity contribution in [2.24, 2.45) is 0 Å². The molecule has 1 fully saturated rings. The van der Waals surface area contributed by atoms with Crippen LogP contribution in [0.15, 0.2) is 48.1 Å². The highest BCUT2D eigenvalue weighted by Crippen LogP contribution is 2.31. The van der Waals surface area contributed by atoms with Crippen molar-refractivity contribution in [3.05, 3.63) is 63.8 Å². The van der Waals surface area contributed by atoms with Gasteiger partial charge in [0.05, 0.1) is 5.52 Å². The zero-order valence-corrected chi connectivity index (χ0v) is 15.9. The summed E-state index contributed by atoms with van der Waals surface area (Å²) in [7, 11) is 0. The molecule has 1 aliphatic heterocycles. The van der Waals surface area contributed by atoms with Crippen LogP contribution in [0.25, 0.3) is 15.9 Å². The first-order valence-electron chi connectivity index (χ1n) is 9.10. The standard InChI is InChI=1S/C19H18N6O2S/c26-25(27)18-17(21-19-24(18)11-12-28-19)23-9-7-22(8-10-23)13-15-4-1-3-14-5-2-6-20-16(14)15/h1-6,11-12H,7-10,13H2. The molecule has 0 aliphatic carbocycles. The van der Waals surface area contributed by atoms with Crippen LogP contribution in [0.5, 0.6) is 0 Å². The van der Waals surface area contributed by atoms with E-state index in [9.17, 15) is 10.1 Å². The second kappa shape index (κ2) is 6.84. The summed E-state index contributed by atoms with van der Waals surface area (Å²) in [4.78, 5) is 25.3. The van der Waals surface area contributed by atoms with E-state index in [1.807, 2.05) is 22.5 Å². The third-order valence-electron chi connectivity index (χ3n) is 5.17. The minimum absolute atomic E-state index is 0.0583. The number of pyridine rings is 1. The molecule has 0 amide bonds. The van der Waals surface area contributed by atoms with Crippen molar-refractivity contribution in [3.8, 4) is 0 Å². The fourth-order valence-electron chi connectivity index (χ4n) is 3.80. The van der Waals surface area contributed by atoms with E-state index in [4.69, 9.17) is 0 Å². The van der Waals surface area contributed by atoms with E-state index in [-0.39, 0.29) is 10.7 Å². The molecule has 9 heteroatoms. The van der Waals surface area contributed by atoms with Gasteiger partial charge in [-0.1, -0.05) is 35.6 Å². The molecule has 4 heterocycles. The van der Waals surface area contributed by atoms with E-state index < -0.39 is 0 Å². The number of fused-ring (bicyclic) bond motifs is 2. The maximum atomic E-state index is 11.6. The van der Waals surface area contributed by atoms with Gasteiger partial charge in [-0.2, -0.15) is 9.38 Å². The lowest BCUT2D eigenvalue weighted by Crippen LogP contribution is -2.46. The molecule has 1 saturated heterocycles. The van der Waals surface area contributed by atoms with Gasteiger partial charge in [0, 0.05) is 49.7 Å². The molecule has 1 aliphatic rings. The van der Waals surface area contributed by atoms with Crippen molar-refractivity contribution >= 4 is 38.8 Å². The minimum atomic E-state index is -0.337. The Morgan fingerprint density at radius 1 is 1.14 bits per heavy atom. The molecule has 0 N–H and O–H groups in total. The molecule has 0 atom stereocenters. The molecular formula is C19H18N6O2S. The van der Waals surface area contributed by atoms with Crippen molar-refractivity contribution in [3.63, 3.8) is 0 Å². The number of nitrogens with zero attached hydrogens (tertiary/aromatic N) is 6. The molecule has 8 nitrogen and oxygen atoms in total. The number of rotatable bonds is 4. The van der Waals surface area contributed by atoms with Gasteiger partial charge in [-0.3, -0.25) is 9.88 Å². The Morgan fingerprint density at radius 3 is 2.79 bits per heavy atom. The van der Waals surface area contributed by atoms with Crippen LogP contribution in [0.1, 0.15) is 5.56 Å². The SMILES string of the molecule is O=[N+]([O-])c1c(N2CCN(Cc3cccc4cccnc34)CC2)nc2sccn12. The zero-order valence-electron chi connectivity index (χ0n) is 15.1. The second-order valence-corrected chi connectivity index (χ2v) is 7.70. The maximum Gasteiger partial charge on any atom is 0.373 e. The number of aromatic nitrogens is 3. The molecule has 4 aromatic rings. The lowest BCUT2D eigenvalue weighted by Gasteiger charge is -2.34. The van der Waals surface area contributed by atoms with Gasteiger partial charge in [-0.05, 0) is 16.6 Å². The number of nitro groups is 1. The van der Waals surface area contributed by atoms with Crippen molar-refractivity contribution in [1.29, 1.82) is 0 Å². The van der Waals surface area contributed by atoms with Gasteiger partial charge < -0.3 is 15.0 Å². The molecular weight excluding hydrogens is 376 g/mol. The number of hydrogen-bond donors (Lipinski definition) is 0. The largest absolute Gasteiger partial charge is 0.373 e. The molecule has 142 valence electrons. The van der Waals surface area contributed by atoms with Crippen LogP contribution in [0, 0.1) is 10.1 Å². The van der Waals surface area contributed by atoms with E-state index in [0.29, 0.717) is 23.9 Å².